The van der Waals surface area contributed by atoms with Gasteiger partial charge in [0.1, 0.15) is 5.92 Å². The van der Waals surface area contributed by atoms with Gasteiger partial charge in [-0.3, -0.25) is 4.79 Å². The second-order valence-corrected chi connectivity index (χ2v) is 5.67. The normalized spacial score (nSPS) is 11.7. The van der Waals surface area contributed by atoms with Crippen LogP contribution in [-0.2, 0) is 0 Å². The van der Waals surface area contributed by atoms with E-state index in [1.54, 1.807) is 6.07 Å². The molecule has 0 radical (unpaired) electrons. The van der Waals surface area contributed by atoms with Crippen LogP contribution in [0.25, 0.3) is 0 Å². The minimum atomic E-state index is -0.769. The lowest BCUT2D eigenvalue weighted by Crippen LogP contribution is -2.12. The highest BCUT2D eigenvalue weighted by molar-refractivity contribution is 9.10. The van der Waals surface area contributed by atoms with Crippen LogP contribution in [-0.4, -0.2) is 5.78 Å². The number of ketones is 1. The molecule has 0 fully saturated rings. The lowest BCUT2D eigenvalue weighted by Gasteiger charge is -2.11. The second-order valence-electron chi connectivity index (χ2n) is 4.82. The molecule has 2 aromatic carbocycles. The van der Waals surface area contributed by atoms with E-state index in [1.165, 1.54) is 0 Å². The molecule has 0 aliphatic heterocycles. The summed E-state index contributed by atoms with van der Waals surface area (Å²) in [6.07, 6.45) is 0. The van der Waals surface area contributed by atoms with Crippen molar-refractivity contribution in [2.45, 2.75) is 19.8 Å². The van der Waals surface area contributed by atoms with Crippen molar-refractivity contribution < 1.29 is 4.79 Å². The SMILES string of the molecule is Cc1ccc(C(C#N)C(=O)c2ccc(C)cc2Br)cc1. The van der Waals surface area contributed by atoms with Crippen LogP contribution in [0.5, 0.6) is 0 Å². The van der Waals surface area contributed by atoms with E-state index in [2.05, 4.69) is 22.0 Å². The maximum absolute atomic E-state index is 12.5. The van der Waals surface area contributed by atoms with Gasteiger partial charge in [0.05, 0.1) is 6.07 Å². The molecule has 0 spiro atoms. The van der Waals surface area contributed by atoms with Crippen LogP contribution in [0.4, 0.5) is 0 Å². The molecule has 2 rings (SSSR count). The molecule has 0 aliphatic rings. The number of carbonyl (C=O) groups excluding carboxylic acids is 1. The minimum absolute atomic E-state index is 0.178. The summed E-state index contributed by atoms with van der Waals surface area (Å²) < 4.78 is 0.731. The lowest BCUT2D eigenvalue weighted by atomic mass is 9.91. The second kappa shape index (κ2) is 6.02. The largest absolute Gasteiger partial charge is 0.292 e. The van der Waals surface area contributed by atoms with Crippen LogP contribution in [0, 0.1) is 25.2 Å². The van der Waals surface area contributed by atoms with Crippen LogP contribution < -0.4 is 0 Å². The molecule has 2 nitrogen and oxygen atoms in total. The molecule has 3 heteroatoms. The standard InChI is InChI=1S/C17H14BrNO/c1-11-3-6-13(7-4-11)15(10-19)17(20)14-8-5-12(2)9-16(14)18/h3-9,15H,1-2H3. The van der Waals surface area contributed by atoms with Crippen LogP contribution in [0.2, 0.25) is 0 Å². The number of benzene rings is 2. The number of rotatable bonds is 3. The molecule has 0 amide bonds. The van der Waals surface area contributed by atoms with Gasteiger partial charge in [0.25, 0.3) is 0 Å². The molecule has 1 atom stereocenters. The first-order valence-corrected chi connectivity index (χ1v) is 7.09. The molecule has 0 heterocycles. The van der Waals surface area contributed by atoms with Crippen LogP contribution in [0.1, 0.15) is 33.0 Å². The Morgan fingerprint density at radius 3 is 2.25 bits per heavy atom. The number of Topliss-reactive ketones (excluding diaryl/α,β-unsaturated/α-hetero) is 1. The molecule has 100 valence electrons. The average molecular weight is 328 g/mol. The number of hydrogen-bond acceptors (Lipinski definition) is 2. The molecular formula is C17H14BrNO. The van der Waals surface area contributed by atoms with E-state index >= 15 is 0 Å². The molecule has 0 saturated carbocycles. The number of nitriles is 1. The summed E-state index contributed by atoms with van der Waals surface area (Å²) in [6, 6.07) is 15.1. The van der Waals surface area contributed by atoms with E-state index in [0.717, 1.165) is 21.2 Å². The minimum Gasteiger partial charge on any atom is -0.292 e. The fourth-order valence-corrected chi connectivity index (χ4v) is 2.71. The Bertz CT molecular complexity index is 683. The number of aryl methyl sites for hydroxylation is 2. The molecule has 0 saturated heterocycles. The van der Waals surface area contributed by atoms with Crippen molar-refractivity contribution in [1.82, 2.24) is 0 Å². The zero-order valence-electron chi connectivity index (χ0n) is 11.4. The Morgan fingerprint density at radius 1 is 1.10 bits per heavy atom. The van der Waals surface area contributed by atoms with Gasteiger partial charge in [0, 0.05) is 10.0 Å². The van der Waals surface area contributed by atoms with Gasteiger partial charge in [-0.2, -0.15) is 5.26 Å². The third kappa shape index (κ3) is 2.97. The predicted octanol–water partition coefficient (Wildman–Crippen LogP) is 4.56. The third-order valence-corrected chi connectivity index (χ3v) is 3.85. The van der Waals surface area contributed by atoms with E-state index in [9.17, 15) is 10.1 Å². The summed E-state index contributed by atoms with van der Waals surface area (Å²) in [5, 5.41) is 9.34. The summed E-state index contributed by atoms with van der Waals surface area (Å²) >= 11 is 3.40. The molecule has 0 bridgehead atoms. The summed E-state index contributed by atoms with van der Waals surface area (Å²) in [7, 11) is 0. The maximum Gasteiger partial charge on any atom is 0.185 e. The van der Waals surface area contributed by atoms with Crippen molar-refractivity contribution in [2.24, 2.45) is 0 Å². The van der Waals surface area contributed by atoms with Gasteiger partial charge in [0.15, 0.2) is 5.78 Å². The van der Waals surface area contributed by atoms with Gasteiger partial charge in [0.2, 0.25) is 0 Å². The molecule has 20 heavy (non-hydrogen) atoms. The maximum atomic E-state index is 12.5. The topological polar surface area (TPSA) is 40.9 Å². The highest BCUT2D eigenvalue weighted by Crippen LogP contribution is 2.26. The highest BCUT2D eigenvalue weighted by Gasteiger charge is 2.23. The molecule has 0 N–H and O–H groups in total. The molecule has 0 aliphatic carbocycles. The van der Waals surface area contributed by atoms with Crippen LogP contribution in [0.15, 0.2) is 46.9 Å². The van der Waals surface area contributed by atoms with Crippen molar-refractivity contribution in [3.63, 3.8) is 0 Å². The Balaban J connectivity index is 2.39. The summed E-state index contributed by atoms with van der Waals surface area (Å²) in [5.74, 6) is -0.946. The zero-order valence-corrected chi connectivity index (χ0v) is 12.9. The Hall–Kier alpha value is -1.92. The summed E-state index contributed by atoms with van der Waals surface area (Å²) in [6.45, 7) is 3.93. The molecule has 1 unspecified atom stereocenters. The van der Waals surface area contributed by atoms with E-state index < -0.39 is 5.92 Å². The van der Waals surface area contributed by atoms with Crippen molar-refractivity contribution in [2.75, 3.05) is 0 Å². The highest BCUT2D eigenvalue weighted by atomic mass is 79.9. The van der Waals surface area contributed by atoms with Crippen molar-refractivity contribution in [3.8, 4) is 6.07 Å². The Kier molecular flexibility index (Phi) is 4.36. The fourth-order valence-electron chi connectivity index (χ4n) is 2.02. The number of halogens is 1. The molecular weight excluding hydrogens is 314 g/mol. The molecule has 0 aromatic heterocycles. The fraction of sp³-hybridized carbons (Fsp3) is 0.176. The van der Waals surface area contributed by atoms with E-state index in [1.807, 2.05) is 50.2 Å². The zero-order chi connectivity index (χ0) is 14.7. The van der Waals surface area contributed by atoms with Crippen molar-refractivity contribution >= 4 is 21.7 Å². The van der Waals surface area contributed by atoms with E-state index in [-0.39, 0.29) is 5.78 Å². The van der Waals surface area contributed by atoms with Crippen LogP contribution >= 0.6 is 15.9 Å². The predicted molar refractivity (Wildman–Crippen MR) is 82.7 cm³/mol. The van der Waals surface area contributed by atoms with Crippen molar-refractivity contribution in [3.05, 3.63) is 69.2 Å². The van der Waals surface area contributed by atoms with E-state index in [4.69, 9.17) is 0 Å². The van der Waals surface area contributed by atoms with Gasteiger partial charge in [-0.1, -0.05) is 51.8 Å². The van der Waals surface area contributed by atoms with Gasteiger partial charge in [-0.15, -0.1) is 0 Å². The quantitative estimate of drug-likeness (QED) is 0.775. The Morgan fingerprint density at radius 2 is 1.70 bits per heavy atom. The summed E-state index contributed by atoms with van der Waals surface area (Å²) in [5.41, 5.74) is 3.45. The van der Waals surface area contributed by atoms with E-state index in [0.29, 0.717) is 5.56 Å². The number of carbonyl (C=O) groups is 1. The van der Waals surface area contributed by atoms with Crippen LogP contribution in [0.3, 0.4) is 0 Å². The third-order valence-electron chi connectivity index (χ3n) is 3.19. The van der Waals surface area contributed by atoms with Gasteiger partial charge >= 0.3 is 0 Å². The number of hydrogen-bond donors (Lipinski definition) is 0. The number of nitrogens with zero attached hydrogens (tertiary/aromatic N) is 1. The average Bonchev–Trinajstić information content (AvgIpc) is 2.41. The van der Waals surface area contributed by atoms with Gasteiger partial charge < -0.3 is 0 Å². The van der Waals surface area contributed by atoms with Gasteiger partial charge in [-0.05, 0) is 37.1 Å². The monoisotopic (exact) mass is 327 g/mol. The Labute approximate surface area is 127 Å². The first-order valence-electron chi connectivity index (χ1n) is 6.29. The van der Waals surface area contributed by atoms with Gasteiger partial charge in [-0.25, -0.2) is 0 Å². The first-order chi connectivity index (χ1) is 9.52. The smallest absolute Gasteiger partial charge is 0.185 e. The van der Waals surface area contributed by atoms with Crippen molar-refractivity contribution in [1.29, 1.82) is 5.26 Å². The molecule has 2 aromatic rings. The summed E-state index contributed by atoms with van der Waals surface area (Å²) in [4.78, 5) is 12.5. The lowest BCUT2D eigenvalue weighted by molar-refractivity contribution is 0.0978. The first kappa shape index (κ1) is 14.5.